The fourth-order valence-electron chi connectivity index (χ4n) is 2.74. The third-order valence-electron chi connectivity index (χ3n) is 4.19. The Morgan fingerprint density at radius 3 is 2.52 bits per heavy atom. The van der Waals surface area contributed by atoms with E-state index in [9.17, 15) is 4.79 Å². The van der Waals surface area contributed by atoms with Gasteiger partial charge in [0.25, 0.3) is 0 Å². The number of carbonyl (C=O) groups excluding carboxylic acids is 1. The van der Waals surface area contributed by atoms with E-state index in [0.29, 0.717) is 0 Å². The molecule has 0 saturated carbocycles. The molecule has 1 aromatic carbocycles. The third kappa shape index (κ3) is 4.46. The smallest absolute Gasteiger partial charge is 0.246 e. The van der Waals surface area contributed by atoms with Gasteiger partial charge in [0.1, 0.15) is 6.61 Å². The van der Waals surface area contributed by atoms with Crippen LogP contribution in [0.15, 0.2) is 24.3 Å². The van der Waals surface area contributed by atoms with Crippen molar-refractivity contribution in [1.29, 1.82) is 0 Å². The zero-order valence-corrected chi connectivity index (χ0v) is 13.3. The van der Waals surface area contributed by atoms with Gasteiger partial charge < -0.3 is 15.0 Å². The Morgan fingerprint density at radius 1 is 1.33 bits per heavy atom. The van der Waals surface area contributed by atoms with Gasteiger partial charge in [-0.2, -0.15) is 0 Å². The first-order chi connectivity index (χ1) is 10.1. The molecule has 116 valence electrons. The lowest BCUT2D eigenvalue weighted by atomic mass is 9.98. The van der Waals surface area contributed by atoms with Crippen LogP contribution in [0.3, 0.4) is 0 Å². The van der Waals surface area contributed by atoms with Crippen molar-refractivity contribution in [2.45, 2.75) is 32.7 Å². The van der Waals surface area contributed by atoms with Gasteiger partial charge in [-0.05, 0) is 43.4 Å². The molecule has 0 unspecified atom stereocenters. The lowest BCUT2D eigenvalue weighted by Gasteiger charge is -2.32. The summed E-state index contributed by atoms with van der Waals surface area (Å²) in [5, 5.41) is 2.92. The monoisotopic (exact) mass is 290 g/mol. The standard InChI is InChI=1S/C17H26N2O2/c1-13-8-10-19(11-9-13)16-6-4-15(5-7-16)14(2)18-17(20)12-21-3/h4-7,13-14H,8-12H2,1-3H3,(H,18,20)/t14-/m1/s1. The molecule has 0 bridgehead atoms. The summed E-state index contributed by atoms with van der Waals surface area (Å²) in [6.45, 7) is 6.70. The summed E-state index contributed by atoms with van der Waals surface area (Å²) in [6.07, 6.45) is 2.54. The van der Waals surface area contributed by atoms with Gasteiger partial charge in [-0.1, -0.05) is 19.1 Å². The predicted molar refractivity (Wildman–Crippen MR) is 85.5 cm³/mol. The number of carbonyl (C=O) groups is 1. The first kappa shape index (κ1) is 15.8. The Morgan fingerprint density at radius 2 is 1.95 bits per heavy atom. The quantitative estimate of drug-likeness (QED) is 0.906. The van der Waals surface area contributed by atoms with Crippen molar-refractivity contribution in [1.82, 2.24) is 5.32 Å². The van der Waals surface area contributed by atoms with Crippen molar-refractivity contribution >= 4 is 11.6 Å². The van der Waals surface area contributed by atoms with Crippen LogP contribution in [0.4, 0.5) is 5.69 Å². The minimum absolute atomic E-state index is 0.00285. The number of anilines is 1. The summed E-state index contributed by atoms with van der Waals surface area (Å²) in [4.78, 5) is 14.0. The van der Waals surface area contributed by atoms with Crippen LogP contribution in [0.1, 0.15) is 38.3 Å². The number of rotatable bonds is 5. The largest absolute Gasteiger partial charge is 0.375 e. The molecule has 1 saturated heterocycles. The number of benzene rings is 1. The molecule has 1 N–H and O–H groups in total. The Bertz CT molecular complexity index is 450. The number of nitrogens with one attached hydrogen (secondary N) is 1. The zero-order chi connectivity index (χ0) is 15.2. The lowest BCUT2D eigenvalue weighted by molar-refractivity contribution is -0.125. The molecule has 0 spiro atoms. The summed E-state index contributed by atoms with van der Waals surface area (Å²) in [5.41, 5.74) is 2.40. The van der Waals surface area contributed by atoms with E-state index in [0.717, 1.165) is 24.6 Å². The molecule has 1 atom stereocenters. The van der Waals surface area contributed by atoms with Crippen LogP contribution in [0.2, 0.25) is 0 Å². The number of amides is 1. The maximum absolute atomic E-state index is 11.5. The summed E-state index contributed by atoms with van der Waals surface area (Å²) in [6, 6.07) is 8.52. The molecule has 21 heavy (non-hydrogen) atoms. The Kier molecular flexibility index (Phi) is 5.62. The van der Waals surface area contributed by atoms with Crippen molar-refractivity contribution in [2.75, 3.05) is 31.7 Å². The normalized spacial score (nSPS) is 17.6. The molecule has 1 amide bonds. The van der Waals surface area contributed by atoms with E-state index in [4.69, 9.17) is 4.74 Å². The van der Waals surface area contributed by atoms with Crippen LogP contribution < -0.4 is 10.2 Å². The van der Waals surface area contributed by atoms with Gasteiger partial charge in [0.15, 0.2) is 0 Å². The second-order valence-electron chi connectivity index (χ2n) is 5.98. The molecule has 1 aliphatic rings. The minimum Gasteiger partial charge on any atom is -0.375 e. The zero-order valence-electron chi connectivity index (χ0n) is 13.3. The van der Waals surface area contributed by atoms with Crippen molar-refractivity contribution in [3.63, 3.8) is 0 Å². The molecule has 1 aromatic rings. The molecule has 4 nitrogen and oxygen atoms in total. The van der Waals surface area contributed by atoms with Gasteiger partial charge in [0, 0.05) is 25.9 Å². The fraction of sp³-hybridized carbons (Fsp3) is 0.588. The van der Waals surface area contributed by atoms with Crippen molar-refractivity contribution in [3.05, 3.63) is 29.8 Å². The summed E-state index contributed by atoms with van der Waals surface area (Å²) in [7, 11) is 1.53. The van der Waals surface area contributed by atoms with E-state index in [1.54, 1.807) is 0 Å². The predicted octanol–water partition coefficient (Wildman–Crippen LogP) is 2.75. The number of hydrogen-bond donors (Lipinski definition) is 1. The number of ether oxygens (including phenoxy) is 1. The lowest BCUT2D eigenvalue weighted by Crippen LogP contribution is -2.32. The van der Waals surface area contributed by atoms with Crippen LogP contribution in [0.25, 0.3) is 0 Å². The van der Waals surface area contributed by atoms with Crippen LogP contribution in [-0.4, -0.2) is 32.7 Å². The average Bonchev–Trinajstić information content (AvgIpc) is 2.48. The van der Waals surface area contributed by atoms with Gasteiger partial charge in [-0.25, -0.2) is 0 Å². The van der Waals surface area contributed by atoms with E-state index < -0.39 is 0 Å². The first-order valence-corrected chi connectivity index (χ1v) is 7.73. The maximum atomic E-state index is 11.5. The van der Waals surface area contributed by atoms with Gasteiger partial charge in [-0.15, -0.1) is 0 Å². The summed E-state index contributed by atoms with van der Waals surface area (Å²) in [5.74, 6) is 0.760. The summed E-state index contributed by atoms with van der Waals surface area (Å²) >= 11 is 0. The molecule has 0 radical (unpaired) electrons. The highest BCUT2D eigenvalue weighted by Crippen LogP contribution is 2.24. The number of methoxy groups -OCH3 is 1. The maximum Gasteiger partial charge on any atom is 0.246 e. The minimum atomic E-state index is -0.0842. The Balaban J connectivity index is 1.93. The average molecular weight is 290 g/mol. The molecular weight excluding hydrogens is 264 g/mol. The van der Waals surface area contributed by atoms with E-state index in [2.05, 4.69) is 41.4 Å². The second-order valence-corrected chi connectivity index (χ2v) is 5.98. The highest BCUT2D eigenvalue weighted by Gasteiger charge is 2.16. The van der Waals surface area contributed by atoms with E-state index in [1.165, 1.54) is 25.6 Å². The van der Waals surface area contributed by atoms with Crippen molar-refractivity contribution in [2.24, 2.45) is 5.92 Å². The molecule has 0 aromatic heterocycles. The molecular formula is C17H26N2O2. The molecule has 0 aliphatic carbocycles. The SMILES string of the molecule is COCC(=O)N[C@H](C)c1ccc(N2CCC(C)CC2)cc1. The van der Waals surface area contributed by atoms with E-state index in [-0.39, 0.29) is 18.6 Å². The molecule has 1 aliphatic heterocycles. The van der Waals surface area contributed by atoms with Crippen LogP contribution in [0, 0.1) is 5.92 Å². The number of nitrogens with zero attached hydrogens (tertiary/aromatic N) is 1. The first-order valence-electron chi connectivity index (χ1n) is 7.73. The highest BCUT2D eigenvalue weighted by molar-refractivity contribution is 5.77. The molecule has 4 heteroatoms. The molecule has 2 rings (SSSR count). The van der Waals surface area contributed by atoms with Crippen molar-refractivity contribution in [3.8, 4) is 0 Å². The summed E-state index contributed by atoms with van der Waals surface area (Å²) < 4.78 is 4.83. The Hall–Kier alpha value is -1.55. The fourth-order valence-corrected chi connectivity index (χ4v) is 2.74. The van der Waals surface area contributed by atoms with Gasteiger partial charge in [-0.3, -0.25) is 4.79 Å². The van der Waals surface area contributed by atoms with Gasteiger partial charge in [0.05, 0.1) is 6.04 Å². The van der Waals surface area contributed by atoms with E-state index in [1.807, 2.05) is 6.92 Å². The van der Waals surface area contributed by atoms with Crippen LogP contribution in [0.5, 0.6) is 0 Å². The second kappa shape index (κ2) is 7.46. The van der Waals surface area contributed by atoms with Gasteiger partial charge in [0.2, 0.25) is 5.91 Å². The van der Waals surface area contributed by atoms with Crippen LogP contribution in [-0.2, 0) is 9.53 Å². The number of hydrogen-bond acceptors (Lipinski definition) is 3. The van der Waals surface area contributed by atoms with Gasteiger partial charge >= 0.3 is 0 Å². The topological polar surface area (TPSA) is 41.6 Å². The highest BCUT2D eigenvalue weighted by atomic mass is 16.5. The van der Waals surface area contributed by atoms with E-state index >= 15 is 0 Å². The molecule has 1 heterocycles. The van der Waals surface area contributed by atoms with Crippen molar-refractivity contribution < 1.29 is 9.53 Å². The van der Waals surface area contributed by atoms with Crippen LogP contribution >= 0.6 is 0 Å². The number of piperidine rings is 1. The molecule has 1 fully saturated rings. The Labute approximate surface area is 127 Å². The third-order valence-corrected chi connectivity index (χ3v) is 4.19.